The summed E-state index contributed by atoms with van der Waals surface area (Å²) in [4.78, 5) is 19.9. The summed E-state index contributed by atoms with van der Waals surface area (Å²) in [6.45, 7) is 21.5. The van der Waals surface area contributed by atoms with Crippen LogP contribution in [0.1, 0.15) is 25.0 Å². The molecule has 0 heterocycles. The fourth-order valence-corrected chi connectivity index (χ4v) is 3.15. The Kier molecular flexibility index (Phi) is 36.5. The summed E-state index contributed by atoms with van der Waals surface area (Å²) < 4.78 is 148. The Morgan fingerprint density at radius 3 is 1.14 bits per heavy atom. The number of hydrogen-bond donors (Lipinski definition) is 4. The summed E-state index contributed by atoms with van der Waals surface area (Å²) in [6, 6.07) is 11.4. The summed E-state index contributed by atoms with van der Waals surface area (Å²) in [6.07, 6.45) is 3.16. The van der Waals surface area contributed by atoms with E-state index in [9.17, 15) is 60.8 Å². The molecule has 2 aromatic carbocycles. The van der Waals surface area contributed by atoms with Crippen LogP contribution in [-0.2, 0) is 64.9 Å². The number of carbonyl (C=O) groups excluding carboxylic acids is 1. The number of carbonyl (C=O) groups is 2. The van der Waals surface area contributed by atoms with Gasteiger partial charge in [-0.15, -0.1) is 0 Å². The van der Waals surface area contributed by atoms with Crippen molar-refractivity contribution >= 4 is 74.7 Å². The van der Waals surface area contributed by atoms with Crippen molar-refractivity contribution in [3.05, 3.63) is 121 Å². The summed E-state index contributed by atoms with van der Waals surface area (Å²) >= 11 is 0. The van der Waals surface area contributed by atoms with Gasteiger partial charge in [-0.05, 0) is 49.2 Å². The topological polar surface area (TPSA) is 341 Å². The zero-order valence-electron chi connectivity index (χ0n) is 30.5. The molecule has 0 radical (unpaired) electrons. The fraction of sp³-hybridized carbons (Fsp3) is 0.133. The molecular formula is C30H38Na2O19S5. The summed E-state index contributed by atoms with van der Waals surface area (Å²) in [5.41, 5.74) is 1.95. The molecule has 304 valence electrons. The van der Waals surface area contributed by atoms with Crippen molar-refractivity contribution in [2.45, 2.75) is 23.6 Å². The number of esters is 1. The third-order valence-corrected chi connectivity index (χ3v) is 7.75. The van der Waals surface area contributed by atoms with E-state index in [2.05, 4.69) is 44.2 Å². The van der Waals surface area contributed by atoms with E-state index in [1.807, 2.05) is 0 Å². The molecule has 0 saturated heterocycles. The smallest absolute Gasteiger partial charge is 0.745 e. The Hall–Kier alpha value is -2.63. The SMILES string of the molecule is C=C(C)C(=O)O.C=C(C)C(=O)OCCS(=O)(=O)O.C=CS(=O)(=O)O.C=CS(=O)(=O)[O-].C=Cc1ccc(S(=O)(=O)O)cc1.C=Cc1ccc(S(=O)(=O)[O-])cc1.[Na+].[Na+]. The Bertz CT molecular complexity index is 2010. The molecule has 0 fully saturated rings. The van der Waals surface area contributed by atoms with Crippen LogP contribution in [0, 0.1) is 0 Å². The van der Waals surface area contributed by atoms with Gasteiger partial charge >= 0.3 is 71.1 Å². The minimum atomic E-state index is -4.31. The van der Waals surface area contributed by atoms with Gasteiger partial charge in [-0.2, -0.15) is 25.3 Å². The van der Waals surface area contributed by atoms with E-state index in [4.69, 9.17) is 18.8 Å². The molecule has 0 aliphatic carbocycles. The number of aliphatic carboxylic acids is 1. The van der Waals surface area contributed by atoms with Gasteiger partial charge in [0.25, 0.3) is 30.4 Å². The average molecular weight is 909 g/mol. The number of ether oxygens (including phenoxy) is 1. The van der Waals surface area contributed by atoms with Crippen molar-refractivity contribution in [3.63, 3.8) is 0 Å². The Balaban J connectivity index is -0.000000137. The number of benzene rings is 2. The number of carboxylic acid groups (broad SMARTS) is 1. The quantitative estimate of drug-likeness (QED) is 0.0763. The molecule has 26 heteroatoms. The second-order valence-corrected chi connectivity index (χ2v) is 16.2. The van der Waals surface area contributed by atoms with E-state index < -0.39 is 68.3 Å². The third kappa shape index (κ3) is 44.1. The van der Waals surface area contributed by atoms with Crippen LogP contribution in [0.2, 0.25) is 0 Å². The van der Waals surface area contributed by atoms with Crippen molar-refractivity contribution in [2.24, 2.45) is 0 Å². The summed E-state index contributed by atoms with van der Waals surface area (Å²) in [5.74, 6) is -2.19. The van der Waals surface area contributed by atoms with Gasteiger partial charge in [0.2, 0.25) is 0 Å². The summed E-state index contributed by atoms with van der Waals surface area (Å²) in [7, 11) is -20.5. The molecule has 0 amide bonds. The predicted molar refractivity (Wildman–Crippen MR) is 197 cm³/mol. The van der Waals surface area contributed by atoms with E-state index in [-0.39, 0.29) is 86.7 Å². The first-order valence-corrected chi connectivity index (χ1v) is 20.8. The standard InChI is InChI=1S/2C8H8O3S.C6H10O5S.C4H6O2.2C2H4O3S.2Na/c2*1-2-7-3-5-8(6-4-7)12(9,10)11;1-5(2)6(7)11-3-4-12(8,9)10;1-3(2)4(5)6;2*1-2-6(3,4)5;;/h2*2-6H,1H2,(H,9,10,11);1,3-4H2,2H3,(H,8,9,10);1H2,2H3,(H,5,6);2*2H,1H2,(H,3,4,5);;/q;;;;;;2*+1/p-2. The number of rotatable bonds is 11. The van der Waals surface area contributed by atoms with Crippen molar-refractivity contribution in [3.8, 4) is 0 Å². The third-order valence-electron chi connectivity index (χ3n) is 4.52. The molecule has 0 saturated carbocycles. The van der Waals surface area contributed by atoms with Gasteiger partial charge in [0.1, 0.15) is 32.6 Å². The van der Waals surface area contributed by atoms with Crippen LogP contribution >= 0.6 is 0 Å². The van der Waals surface area contributed by atoms with E-state index in [0.29, 0.717) is 10.8 Å². The van der Waals surface area contributed by atoms with Gasteiger partial charge in [-0.3, -0.25) is 13.7 Å². The van der Waals surface area contributed by atoms with Crippen molar-refractivity contribution in [1.82, 2.24) is 0 Å². The zero-order chi connectivity index (χ0) is 43.7. The Morgan fingerprint density at radius 1 is 0.661 bits per heavy atom. The van der Waals surface area contributed by atoms with E-state index in [0.717, 1.165) is 11.1 Å². The van der Waals surface area contributed by atoms with Gasteiger partial charge in [-0.25, -0.2) is 26.4 Å². The first-order chi connectivity index (χ1) is 24.2. The van der Waals surface area contributed by atoms with Crippen LogP contribution in [-0.4, -0.2) is 94.3 Å². The van der Waals surface area contributed by atoms with Crippen molar-refractivity contribution in [2.75, 3.05) is 12.4 Å². The minimum absolute atomic E-state index is 0. The van der Waals surface area contributed by atoms with Crippen molar-refractivity contribution < 1.29 is 143 Å². The largest absolute Gasteiger partial charge is 1.00 e. The zero-order valence-corrected chi connectivity index (χ0v) is 38.6. The van der Waals surface area contributed by atoms with Crippen LogP contribution in [0.4, 0.5) is 0 Å². The van der Waals surface area contributed by atoms with Gasteiger partial charge in [-0.1, -0.05) is 75.9 Å². The van der Waals surface area contributed by atoms with Crippen LogP contribution in [0.25, 0.3) is 12.2 Å². The normalized spacial score (nSPS) is 10.2. The fourth-order valence-electron chi connectivity index (χ4n) is 1.91. The second kappa shape index (κ2) is 31.4. The molecule has 0 bridgehead atoms. The molecule has 0 spiro atoms. The Labute approximate surface area is 371 Å². The maximum atomic E-state index is 10.6. The molecule has 2 rings (SSSR count). The molecular weight excluding hydrogens is 871 g/mol. The van der Waals surface area contributed by atoms with Gasteiger partial charge in [0, 0.05) is 16.6 Å². The van der Waals surface area contributed by atoms with E-state index in [1.54, 1.807) is 24.3 Å². The molecule has 19 nitrogen and oxygen atoms in total. The minimum Gasteiger partial charge on any atom is -0.745 e. The molecule has 0 atom stereocenters. The molecule has 2 aromatic rings. The van der Waals surface area contributed by atoms with Gasteiger partial charge < -0.3 is 18.9 Å². The molecule has 4 N–H and O–H groups in total. The van der Waals surface area contributed by atoms with Crippen molar-refractivity contribution in [1.29, 1.82) is 0 Å². The van der Waals surface area contributed by atoms with E-state index >= 15 is 0 Å². The molecule has 0 unspecified atom stereocenters. The van der Waals surface area contributed by atoms with E-state index in [1.165, 1.54) is 50.2 Å². The molecule has 56 heavy (non-hydrogen) atoms. The predicted octanol–water partition coefficient (Wildman–Crippen LogP) is -2.85. The van der Waals surface area contributed by atoms with Crippen LogP contribution < -0.4 is 59.1 Å². The second-order valence-electron chi connectivity index (χ2n) is 9.10. The van der Waals surface area contributed by atoms with Crippen LogP contribution in [0.3, 0.4) is 0 Å². The average Bonchev–Trinajstić information content (AvgIpc) is 3.04. The number of hydrogen-bond acceptors (Lipinski definition) is 15. The number of carboxylic acids is 1. The van der Waals surface area contributed by atoms with Crippen LogP contribution in [0.15, 0.2) is 120 Å². The maximum absolute atomic E-state index is 10.6. The maximum Gasteiger partial charge on any atom is 1.00 e. The van der Waals surface area contributed by atoms with Crippen LogP contribution in [0.5, 0.6) is 0 Å². The monoisotopic (exact) mass is 908 g/mol. The Morgan fingerprint density at radius 2 is 0.964 bits per heavy atom. The summed E-state index contributed by atoms with van der Waals surface area (Å²) in [5, 5.41) is 8.71. The molecule has 0 aliphatic rings. The molecule has 0 aromatic heterocycles. The first kappa shape index (κ1) is 65.2. The van der Waals surface area contributed by atoms with Gasteiger partial charge in [0.15, 0.2) is 0 Å². The molecule has 0 aliphatic heterocycles. The van der Waals surface area contributed by atoms with Gasteiger partial charge in [0.05, 0.1) is 15.2 Å². The first-order valence-electron chi connectivity index (χ1n) is 13.4.